The molecule has 0 saturated carbocycles. The number of aromatic nitrogens is 1. The first kappa shape index (κ1) is 44.7. The monoisotopic (exact) mass is 811 g/mol. The molecule has 2 aromatic rings. The lowest BCUT2D eigenvalue weighted by Gasteiger charge is -2.40. The number of nitrogens with zero attached hydrogens (tertiary/aromatic N) is 2. The summed E-state index contributed by atoms with van der Waals surface area (Å²) >= 11 is 17.1. The van der Waals surface area contributed by atoms with Gasteiger partial charge in [-0.25, -0.2) is 5.43 Å². The Hall–Kier alpha value is -2.74. The molecule has 0 radical (unpaired) electrons. The molecule has 0 bridgehead atoms. The molecule has 1 aliphatic heterocycles. The minimum atomic E-state index is -2.29. The maximum absolute atomic E-state index is 14.2. The van der Waals surface area contributed by atoms with E-state index in [1.54, 1.807) is 6.92 Å². The second kappa shape index (κ2) is 18.7. The molecule has 1 aromatic carbocycles. The molecule has 3 N–H and O–H groups in total. The van der Waals surface area contributed by atoms with Crippen molar-refractivity contribution in [1.29, 1.82) is 0 Å². The van der Waals surface area contributed by atoms with Gasteiger partial charge in [-0.2, -0.15) is 0 Å². The van der Waals surface area contributed by atoms with Crippen molar-refractivity contribution in [2.45, 2.75) is 121 Å². The fourth-order valence-corrected chi connectivity index (χ4v) is 7.21. The molecule has 11 nitrogen and oxygen atoms in total. The average Bonchev–Trinajstić information content (AvgIpc) is 3.07. The minimum absolute atomic E-state index is 0.0932. The molecule has 1 saturated heterocycles. The Morgan fingerprint density at radius 1 is 1.04 bits per heavy atom. The fraction of sp³-hybridized carbons (Fsp3) is 0.605. The van der Waals surface area contributed by atoms with E-state index in [0.29, 0.717) is 19.4 Å². The molecule has 5 atom stereocenters. The van der Waals surface area contributed by atoms with Crippen molar-refractivity contribution >= 4 is 83.8 Å². The summed E-state index contributed by atoms with van der Waals surface area (Å²) in [6.45, 7) is 19.7. The highest BCUT2D eigenvalue weighted by Crippen LogP contribution is 2.38. The first-order valence-corrected chi connectivity index (χ1v) is 22.2. The van der Waals surface area contributed by atoms with Crippen LogP contribution < -0.4 is 16.1 Å². The number of ether oxygens (including phenoxy) is 1. The standard InChI is InChI=1S/C38H56Cl3N5O6Si/c1-11-28-18-17-27-16-14-26(21-31(27)43-28)15-19-29(25(5)52-53(9,10)37(6,7)8)33(47)44-32(23(2)3)34(48)42-24(4)35(49)46-20-12-13-30(45-46)36(50)51-22-38(39,40)41/h14-19,21,23-25,29-30,32,45H,11-13,20,22H2,1-10H3,(H,42,48)(H,44,47). The maximum atomic E-state index is 14.2. The highest BCUT2D eigenvalue weighted by atomic mass is 35.6. The van der Waals surface area contributed by atoms with Crippen molar-refractivity contribution in [2.75, 3.05) is 13.2 Å². The Kier molecular flexibility index (Phi) is 15.8. The summed E-state index contributed by atoms with van der Waals surface area (Å²) in [5.41, 5.74) is 5.61. The van der Waals surface area contributed by atoms with Crippen LogP contribution in [0.5, 0.6) is 0 Å². The van der Waals surface area contributed by atoms with Crippen LogP contribution in [-0.2, 0) is 34.8 Å². The van der Waals surface area contributed by atoms with Gasteiger partial charge in [-0.05, 0) is 74.9 Å². The van der Waals surface area contributed by atoms with Gasteiger partial charge in [0, 0.05) is 17.6 Å². The maximum Gasteiger partial charge on any atom is 0.325 e. The largest absolute Gasteiger partial charge is 0.460 e. The van der Waals surface area contributed by atoms with Gasteiger partial charge < -0.3 is 19.8 Å². The van der Waals surface area contributed by atoms with Crippen molar-refractivity contribution in [2.24, 2.45) is 11.8 Å². The molecular weight excluding hydrogens is 757 g/mol. The molecule has 3 rings (SSSR count). The Labute approximate surface area is 330 Å². The number of carbonyl (C=O) groups is 4. The number of hydrogen-bond donors (Lipinski definition) is 3. The van der Waals surface area contributed by atoms with E-state index in [9.17, 15) is 19.2 Å². The van der Waals surface area contributed by atoms with Crippen LogP contribution in [-0.4, -0.2) is 83.2 Å². The lowest BCUT2D eigenvalue weighted by Crippen LogP contribution is -2.61. The number of halogens is 3. The van der Waals surface area contributed by atoms with Crippen molar-refractivity contribution in [3.05, 3.63) is 47.7 Å². The van der Waals surface area contributed by atoms with Crippen LogP contribution in [0.4, 0.5) is 0 Å². The molecular formula is C38H56Cl3N5O6Si. The number of benzene rings is 1. The molecule has 294 valence electrons. The smallest absolute Gasteiger partial charge is 0.325 e. The third-order valence-electron chi connectivity index (χ3n) is 9.82. The van der Waals surface area contributed by atoms with Gasteiger partial charge in [0.1, 0.15) is 24.7 Å². The molecule has 1 aliphatic rings. The summed E-state index contributed by atoms with van der Waals surface area (Å²) in [5, 5.41) is 7.94. The fourth-order valence-electron chi connectivity index (χ4n) is 5.62. The van der Waals surface area contributed by atoms with Crippen LogP contribution >= 0.6 is 34.8 Å². The molecule has 53 heavy (non-hydrogen) atoms. The predicted octanol–water partition coefficient (Wildman–Crippen LogP) is 6.89. The number of nitrogens with one attached hydrogen (secondary N) is 3. The zero-order valence-corrected chi connectivity index (χ0v) is 35.8. The topological polar surface area (TPSA) is 139 Å². The van der Waals surface area contributed by atoms with Crippen molar-refractivity contribution in [3.63, 3.8) is 0 Å². The number of hydrogen-bond acceptors (Lipinski definition) is 8. The van der Waals surface area contributed by atoms with E-state index in [1.807, 2.05) is 57.2 Å². The van der Waals surface area contributed by atoms with Crippen LogP contribution in [0.2, 0.25) is 18.1 Å². The Morgan fingerprint density at radius 3 is 2.30 bits per heavy atom. The average molecular weight is 813 g/mol. The Bertz CT molecular complexity index is 1640. The van der Waals surface area contributed by atoms with E-state index in [0.717, 1.165) is 28.6 Å². The molecule has 1 fully saturated rings. The van der Waals surface area contributed by atoms with E-state index in [4.69, 9.17) is 48.9 Å². The van der Waals surface area contributed by atoms with Crippen LogP contribution in [0.1, 0.15) is 79.5 Å². The number of alkyl halides is 3. The van der Waals surface area contributed by atoms with E-state index < -0.39 is 66.6 Å². The second-order valence-corrected chi connectivity index (χ2v) is 22.8. The molecule has 1 aromatic heterocycles. The third-order valence-corrected chi connectivity index (χ3v) is 14.7. The quantitative estimate of drug-likeness (QED) is 0.107. The number of esters is 1. The molecule has 0 spiro atoms. The van der Waals surface area contributed by atoms with Gasteiger partial charge in [-0.15, -0.1) is 0 Å². The van der Waals surface area contributed by atoms with Gasteiger partial charge in [0.25, 0.3) is 5.91 Å². The van der Waals surface area contributed by atoms with Gasteiger partial charge in [-0.3, -0.25) is 29.2 Å². The second-order valence-electron chi connectivity index (χ2n) is 15.6. The van der Waals surface area contributed by atoms with Gasteiger partial charge in [0.05, 0.1) is 17.5 Å². The molecule has 0 aliphatic carbocycles. The van der Waals surface area contributed by atoms with E-state index >= 15 is 0 Å². The minimum Gasteiger partial charge on any atom is -0.460 e. The number of amides is 3. The summed E-state index contributed by atoms with van der Waals surface area (Å²) in [5.74, 6) is -3.06. The third kappa shape index (κ3) is 12.9. The summed E-state index contributed by atoms with van der Waals surface area (Å²) < 4.78 is 10.0. The lowest BCUT2D eigenvalue weighted by atomic mass is 9.97. The van der Waals surface area contributed by atoms with Gasteiger partial charge in [-0.1, -0.05) is 107 Å². The number of aryl methyl sites for hydroxylation is 1. The molecule has 5 unspecified atom stereocenters. The number of fused-ring (bicyclic) bond motifs is 1. The van der Waals surface area contributed by atoms with Gasteiger partial charge >= 0.3 is 5.97 Å². The first-order valence-electron chi connectivity index (χ1n) is 18.2. The zero-order valence-electron chi connectivity index (χ0n) is 32.5. The van der Waals surface area contributed by atoms with Crippen molar-refractivity contribution in [1.82, 2.24) is 26.1 Å². The van der Waals surface area contributed by atoms with Crippen LogP contribution in [0.3, 0.4) is 0 Å². The van der Waals surface area contributed by atoms with Crippen molar-refractivity contribution < 1.29 is 28.3 Å². The number of pyridine rings is 1. The van der Waals surface area contributed by atoms with E-state index in [-0.39, 0.29) is 16.9 Å². The molecule has 15 heteroatoms. The summed E-state index contributed by atoms with van der Waals surface area (Å²) in [4.78, 5) is 58.6. The Balaban J connectivity index is 1.79. The number of carbonyl (C=O) groups excluding carboxylic acids is 4. The summed E-state index contributed by atoms with van der Waals surface area (Å²) in [6.07, 6.45) is 4.97. The first-order chi connectivity index (χ1) is 24.5. The van der Waals surface area contributed by atoms with Crippen LogP contribution in [0, 0.1) is 11.8 Å². The lowest BCUT2D eigenvalue weighted by molar-refractivity contribution is -0.152. The van der Waals surface area contributed by atoms with E-state index in [2.05, 4.69) is 62.9 Å². The highest BCUT2D eigenvalue weighted by Gasteiger charge is 2.41. The summed E-state index contributed by atoms with van der Waals surface area (Å²) in [7, 11) is -2.29. The zero-order chi connectivity index (χ0) is 39.9. The predicted molar refractivity (Wildman–Crippen MR) is 215 cm³/mol. The van der Waals surface area contributed by atoms with Gasteiger partial charge in [0.15, 0.2) is 8.32 Å². The SMILES string of the molecule is CCc1ccc2ccc(C=CC(C(=O)NC(C(=O)NC(C)C(=O)N3CCCC(C(=O)OCC(Cl)(Cl)Cl)N3)C(C)C)C(C)O[Si](C)(C)C(C)(C)C)cc2n1. The highest BCUT2D eigenvalue weighted by molar-refractivity contribution is 6.74. The van der Waals surface area contributed by atoms with Crippen LogP contribution in [0.15, 0.2) is 36.4 Å². The van der Waals surface area contributed by atoms with Gasteiger partial charge in [0.2, 0.25) is 15.6 Å². The number of hydrazine groups is 1. The Morgan fingerprint density at radius 2 is 1.70 bits per heavy atom. The molecule has 2 heterocycles. The normalized spacial score (nSPS) is 18.1. The van der Waals surface area contributed by atoms with Crippen LogP contribution in [0.25, 0.3) is 17.0 Å². The number of rotatable bonds is 14. The van der Waals surface area contributed by atoms with E-state index in [1.165, 1.54) is 5.01 Å². The molecule has 3 amide bonds. The summed E-state index contributed by atoms with van der Waals surface area (Å²) in [6, 6.07) is 7.30. The van der Waals surface area contributed by atoms with Crippen molar-refractivity contribution in [3.8, 4) is 0 Å².